The number of pyridine rings is 2. The minimum atomic E-state index is -4.82. The minimum Gasteiger partial charge on any atom is -0.380 e. The molecule has 1 fully saturated rings. The number of hydrogen-bond acceptors (Lipinski definition) is 4. The third kappa shape index (κ3) is 5.21. The highest BCUT2D eigenvalue weighted by atomic mass is 19.4. The summed E-state index contributed by atoms with van der Waals surface area (Å²) in [6, 6.07) is 14.7. The molecule has 3 aromatic heterocycles. The van der Waals surface area contributed by atoms with Crippen molar-refractivity contribution in [2.75, 3.05) is 18.0 Å². The van der Waals surface area contributed by atoms with Crippen molar-refractivity contribution in [3.63, 3.8) is 0 Å². The number of H-pyrrole nitrogens is 1. The fourth-order valence-electron chi connectivity index (χ4n) is 5.36. The molecule has 5 rings (SSSR count). The Bertz CT molecular complexity index is 1380. The summed E-state index contributed by atoms with van der Waals surface area (Å²) in [5.41, 5.74) is -0.433. The first kappa shape index (κ1) is 25.3. The van der Waals surface area contributed by atoms with E-state index in [-0.39, 0.29) is 0 Å². The molecule has 1 atom stereocenters. The van der Waals surface area contributed by atoms with E-state index in [4.69, 9.17) is 0 Å². The zero-order chi connectivity index (χ0) is 26.3. The average molecular weight is 509 g/mol. The molecule has 194 valence electrons. The van der Waals surface area contributed by atoms with Crippen molar-refractivity contribution in [3.05, 3.63) is 78.4 Å². The van der Waals surface area contributed by atoms with Crippen molar-refractivity contribution in [2.45, 2.75) is 56.7 Å². The number of fused-ring (bicyclic) bond motifs is 1. The van der Waals surface area contributed by atoms with E-state index in [0.717, 1.165) is 48.3 Å². The molecule has 1 saturated heterocycles. The largest absolute Gasteiger partial charge is 0.417 e. The Hall–Kier alpha value is -3.39. The quantitative estimate of drug-likeness (QED) is 0.302. The maximum atomic E-state index is 14.4. The highest BCUT2D eigenvalue weighted by molar-refractivity contribution is 5.82. The van der Waals surface area contributed by atoms with E-state index in [9.17, 15) is 18.3 Å². The van der Waals surface area contributed by atoms with Crippen LogP contribution in [0.1, 0.15) is 44.4 Å². The van der Waals surface area contributed by atoms with Crippen LogP contribution < -0.4 is 4.90 Å². The fourth-order valence-corrected chi connectivity index (χ4v) is 5.36. The van der Waals surface area contributed by atoms with Gasteiger partial charge in [-0.3, -0.25) is 4.98 Å². The molecule has 1 aromatic carbocycles. The van der Waals surface area contributed by atoms with Crippen LogP contribution in [0, 0.1) is 0 Å². The van der Waals surface area contributed by atoms with Crippen LogP contribution in [0.3, 0.4) is 0 Å². The fraction of sp³-hybridized carbons (Fsp3) is 0.379. The molecule has 1 unspecified atom stereocenters. The van der Waals surface area contributed by atoms with Crippen LogP contribution in [0.15, 0.2) is 67.1 Å². The lowest BCUT2D eigenvalue weighted by molar-refractivity contribution is -0.266. The number of benzene rings is 1. The Balaban J connectivity index is 1.42. The summed E-state index contributed by atoms with van der Waals surface area (Å²) in [5.74, 6) is 0.830. The number of rotatable bonds is 7. The van der Waals surface area contributed by atoms with Crippen molar-refractivity contribution < 1.29 is 18.3 Å². The van der Waals surface area contributed by atoms with Gasteiger partial charge < -0.3 is 15.0 Å². The van der Waals surface area contributed by atoms with E-state index in [2.05, 4.69) is 19.9 Å². The van der Waals surface area contributed by atoms with Gasteiger partial charge in [-0.05, 0) is 59.6 Å². The lowest BCUT2D eigenvalue weighted by Crippen LogP contribution is -2.50. The van der Waals surface area contributed by atoms with E-state index < -0.39 is 30.0 Å². The van der Waals surface area contributed by atoms with Crippen LogP contribution in [-0.2, 0) is 11.8 Å². The number of hydrogen-bond donors (Lipinski definition) is 2. The summed E-state index contributed by atoms with van der Waals surface area (Å²) < 4.78 is 43.2. The number of nitrogens with one attached hydrogen (secondary N) is 1. The summed E-state index contributed by atoms with van der Waals surface area (Å²) in [7, 11) is 0. The summed E-state index contributed by atoms with van der Waals surface area (Å²) in [6.45, 7) is 5.34. The van der Waals surface area contributed by atoms with Crippen LogP contribution in [0.5, 0.6) is 0 Å². The van der Waals surface area contributed by atoms with Gasteiger partial charge in [0.1, 0.15) is 5.82 Å². The molecule has 2 N–H and O–H groups in total. The molecule has 4 heterocycles. The first-order valence-corrected chi connectivity index (χ1v) is 12.6. The third-order valence-electron chi connectivity index (χ3n) is 7.36. The Kier molecular flexibility index (Phi) is 6.48. The molecule has 0 aliphatic carbocycles. The molecule has 0 radical (unpaired) electrons. The number of nitrogens with zero attached hydrogens (tertiary/aromatic N) is 3. The summed E-state index contributed by atoms with van der Waals surface area (Å²) in [6.07, 6.45) is 1.39. The minimum absolute atomic E-state index is 0.329. The van der Waals surface area contributed by atoms with Crippen molar-refractivity contribution in [1.82, 2.24) is 15.0 Å². The van der Waals surface area contributed by atoms with E-state index in [1.807, 2.05) is 42.5 Å². The average Bonchev–Trinajstić information content (AvgIpc) is 3.53. The molecule has 5 nitrogen and oxygen atoms in total. The standard InChI is InChI=1S/C29H31F3N4O/c1-27(2,23-9-5-7-20(13-23)21-8-6-10-33-17-21)19-28(37,29(30,31)32)16-24-14-22-15-26(34-18-25(22)35-24)36-11-3-4-12-36/h5-10,13-15,17-18,35,37H,3-4,11-12,16,19H2,1-2H3. The Morgan fingerprint density at radius 1 is 0.973 bits per heavy atom. The van der Waals surface area contributed by atoms with E-state index in [1.165, 1.54) is 0 Å². The van der Waals surface area contributed by atoms with Gasteiger partial charge in [0, 0.05) is 43.0 Å². The van der Waals surface area contributed by atoms with Gasteiger partial charge in [-0.25, -0.2) is 4.98 Å². The lowest BCUT2D eigenvalue weighted by atomic mass is 9.73. The first-order chi connectivity index (χ1) is 17.5. The molecule has 0 bridgehead atoms. The van der Waals surface area contributed by atoms with Crippen LogP contribution in [0.25, 0.3) is 22.0 Å². The topological polar surface area (TPSA) is 65.0 Å². The summed E-state index contributed by atoms with van der Waals surface area (Å²) >= 11 is 0. The second kappa shape index (κ2) is 9.49. The number of anilines is 1. The molecule has 1 aliphatic heterocycles. The highest BCUT2D eigenvalue weighted by Gasteiger charge is 2.56. The normalized spacial score (nSPS) is 16.3. The number of halogens is 3. The zero-order valence-corrected chi connectivity index (χ0v) is 21.0. The monoisotopic (exact) mass is 508 g/mol. The maximum absolute atomic E-state index is 14.4. The van der Waals surface area contributed by atoms with E-state index in [0.29, 0.717) is 16.8 Å². The molecule has 37 heavy (non-hydrogen) atoms. The summed E-state index contributed by atoms with van der Waals surface area (Å²) in [5, 5.41) is 11.9. The van der Waals surface area contributed by atoms with E-state index in [1.54, 1.807) is 38.5 Å². The molecule has 0 amide bonds. The highest BCUT2D eigenvalue weighted by Crippen LogP contribution is 2.43. The second-order valence-electron chi connectivity index (χ2n) is 10.7. The first-order valence-electron chi connectivity index (χ1n) is 12.6. The van der Waals surface area contributed by atoms with Gasteiger partial charge in [-0.2, -0.15) is 13.2 Å². The Labute approximate surface area is 214 Å². The van der Waals surface area contributed by atoms with Crippen LogP contribution in [0.2, 0.25) is 0 Å². The number of aromatic amines is 1. The van der Waals surface area contributed by atoms with Gasteiger partial charge in [0.15, 0.2) is 5.60 Å². The molecule has 0 saturated carbocycles. The third-order valence-corrected chi connectivity index (χ3v) is 7.36. The molecule has 0 spiro atoms. The predicted octanol–water partition coefficient (Wildman–Crippen LogP) is 6.43. The van der Waals surface area contributed by atoms with E-state index >= 15 is 0 Å². The molecule has 4 aromatic rings. The Morgan fingerprint density at radius 2 is 1.73 bits per heavy atom. The van der Waals surface area contributed by atoms with Gasteiger partial charge in [-0.15, -0.1) is 0 Å². The van der Waals surface area contributed by atoms with Gasteiger partial charge in [0.05, 0.1) is 11.7 Å². The maximum Gasteiger partial charge on any atom is 0.417 e. The van der Waals surface area contributed by atoms with Crippen molar-refractivity contribution in [2.24, 2.45) is 0 Å². The van der Waals surface area contributed by atoms with Gasteiger partial charge in [0.25, 0.3) is 0 Å². The second-order valence-corrected chi connectivity index (χ2v) is 10.7. The predicted molar refractivity (Wildman–Crippen MR) is 140 cm³/mol. The Morgan fingerprint density at radius 3 is 2.43 bits per heavy atom. The number of aromatic nitrogens is 3. The summed E-state index contributed by atoms with van der Waals surface area (Å²) in [4.78, 5) is 13.9. The van der Waals surface area contributed by atoms with Crippen molar-refractivity contribution in [3.8, 4) is 11.1 Å². The van der Waals surface area contributed by atoms with Crippen LogP contribution in [0.4, 0.5) is 19.0 Å². The van der Waals surface area contributed by atoms with Gasteiger partial charge in [0.2, 0.25) is 0 Å². The number of alkyl halides is 3. The van der Waals surface area contributed by atoms with Crippen LogP contribution >= 0.6 is 0 Å². The van der Waals surface area contributed by atoms with Crippen LogP contribution in [-0.4, -0.2) is 44.9 Å². The lowest BCUT2D eigenvalue weighted by Gasteiger charge is -2.38. The molecule has 8 heteroatoms. The van der Waals surface area contributed by atoms with Gasteiger partial charge in [-0.1, -0.05) is 44.2 Å². The molecular weight excluding hydrogens is 477 g/mol. The smallest absolute Gasteiger partial charge is 0.380 e. The molecule has 1 aliphatic rings. The molecular formula is C29H31F3N4O. The zero-order valence-electron chi connectivity index (χ0n) is 21.0. The van der Waals surface area contributed by atoms with Gasteiger partial charge >= 0.3 is 6.18 Å². The number of aliphatic hydroxyl groups is 1. The van der Waals surface area contributed by atoms with Crippen molar-refractivity contribution >= 4 is 16.7 Å². The van der Waals surface area contributed by atoms with Crippen molar-refractivity contribution in [1.29, 1.82) is 0 Å². The SMILES string of the molecule is CC(C)(CC(O)(Cc1cc2cc(N3CCCC3)ncc2[nH]1)C(F)(F)F)c1cccc(-c2cccnc2)c1.